The van der Waals surface area contributed by atoms with E-state index in [-0.39, 0.29) is 63.3 Å². The van der Waals surface area contributed by atoms with Crippen molar-refractivity contribution >= 4 is 29.3 Å². The zero-order chi connectivity index (χ0) is 30.9. The number of carbonyl (C=O) groups excluding carboxylic acids is 3. The number of azide groups is 1. The molecule has 0 aliphatic heterocycles. The maximum absolute atomic E-state index is 12.8. The Morgan fingerprint density at radius 3 is 1.62 bits per heavy atom. The number of carbonyl (C=O) groups is 3. The molecule has 0 radical (unpaired) electrons. The molecule has 3 amide bonds. The summed E-state index contributed by atoms with van der Waals surface area (Å²) in [6, 6.07) is 0. The van der Waals surface area contributed by atoms with Gasteiger partial charge < -0.3 is 49.7 Å². The smallest absolute Gasteiger partial charge is 0.225 e. The van der Waals surface area contributed by atoms with Gasteiger partial charge in [0.05, 0.1) is 85.7 Å². The molecule has 0 spiro atoms. The first kappa shape index (κ1) is 39.7. The number of nitrogens with one attached hydrogen (secondary N) is 2. The van der Waals surface area contributed by atoms with E-state index >= 15 is 0 Å². The molecule has 0 aliphatic carbocycles. The SMILES string of the molecule is [N-]=[N+]=NCCOCCOCCC(=O)N(CCOCCOCCC(=O)NCCN)CCOCCOCCC(=O)NCCCl. The molecule has 0 rings (SSSR count). The third kappa shape index (κ3) is 27.9. The van der Waals surface area contributed by atoms with Crippen LogP contribution < -0.4 is 16.4 Å². The molecule has 0 atom stereocenters. The second kappa shape index (κ2) is 31.7. The van der Waals surface area contributed by atoms with Crippen molar-refractivity contribution in [1.82, 2.24) is 15.5 Å². The highest BCUT2D eigenvalue weighted by molar-refractivity contribution is 6.18. The predicted octanol–water partition coefficient (Wildman–Crippen LogP) is -0.175. The lowest BCUT2D eigenvalue weighted by molar-refractivity contribution is -0.134. The Labute approximate surface area is 252 Å². The molecule has 0 aliphatic rings. The number of halogens is 1. The van der Waals surface area contributed by atoms with Gasteiger partial charge in [-0.1, -0.05) is 5.11 Å². The molecule has 17 heteroatoms. The van der Waals surface area contributed by atoms with Crippen molar-refractivity contribution in [2.75, 3.05) is 124 Å². The van der Waals surface area contributed by atoms with Gasteiger partial charge in [0, 0.05) is 62.9 Å². The lowest BCUT2D eigenvalue weighted by atomic mass is 10.3. The van der Waals surface area contributed by atoms with Gasteiger partial charge in [0.15, 0.2) is 0 Å². The molecule has 0 heterocycles. The van der Waals surface area contributed by atoms with Crippen LogP contribution in [0, 0.1) is 0 Å². The Hall–Kier alpha value is -2.27. The van der Waals surface area contributed by atoms with Gasteiger partial charge in [0.1, 0.15) is 0 Å². The average molecular weight is 626 g/mol. The highest BCUT2D eigenvalue weighted by Crippen LogP contribution is 1.98. The minimum absolute atomic E-state index is 0.106. The summed E-state index contributed by atoms with van der Waals surface area (Å²) in [4.78, 5) is 40.0. The van der Waals surface area contributed by atoms with Gasteiger partial charge in [-0.3, -0.25) is 14.4 Å². The van der Waals surface area contributed by atoms with E-state index < -0.39 is 0 Å². The van der Waals surface area contributed by atoms with Crippen LogP contribution in [-0.2, 0) is 42.8 Å². The summed E-state index contributed by atoms with van der Waals surface area (Å²) in [5.74, 6) is 0.0236. The van der Waals surface area contributed by atoms with Crippen molar-refractivity contribution in [3.05, 3.63) is 10.4 Å². The summed E-state index contributed by atoms with van der Waals surface area (Å²) in [6.45, 7) is 5.91. The number of ether oxygens (including phenoxy) is 6. The Bertz CT molecular complexity index is 698. The predicted molar refractivity (Wildman–Crippen MR) is 155 cm³/mol. The Kier molecular flexibility index (Phi) is 29.9. The summed E-state index contributed by atoms with van der Waals surface area (Å²) < 4.78 is 32.7. The molecule has 0 aromatic heterocycles. The molecule has 244 valence electrons. The van der Waals surface area contributed by atoms with Crippen molar-refractivity contribution < 1.29 is 42.8 Å². The zero-order valence-electron chi connectivity index (χ0n) is 24.5. The lowest BCUT2D eigenvalue weighted by Crippen LogP contribution is -2.37. The number of rotatable bonds is 31. The van der Waals surface area contributed by atoms with E-state index in [2.05, 4.69) is 20.7 Å². The van der Waals surface area contributed by atoms with Gasteiger partial charge >= 0.3 is 0 Å². The van der Waals surface area contributed by atoms with Crippen LogP contribution in [0.3, 0.4) is 0 Å². The third-order valence-electron chi connectivity index (χ3n) is 5.17. The molecule has 0 saturated carbocycles. The summed E-state index contributed by atoms with van der Waals surface area (Å²) in [6.07, 6.45) is 0.683. The van der Waals surface area contributed by atoms with Crippen LogP contribution in [-0.4, -0.2) is 147 Å². The molecule has 4 N–H and O–H groups in total. The number of amides is 3. The second-order valence-electron chi connectivity index (χ2n) is 8.44. The number of hydrogen-bond acceptors (Lipinski definition) is 11. The molecule has 0 unspecified atom stereocenters. The first-order valence-electron chi connectivity index (χ1n) is 14.1. The van der Waals surface area contributed by atoms with Crippen molar-refractivity contribution in [2.45, 2.75) is 19.3 Å². The summed E-state index contributed by atoms with van der Waals surface area (Å²) in [5.41, 5.74) is 13.6. The van der Waals surface area contributed by atoms with E-state index in [0.717, 1.165) is 0 Å². The quantitative estimate of drug-likeness (QED) is 0.0304. The summed E-state index contributed by atoms with van der Waals surface area (Å²) in [7, 11) is 0. The second-order valence-corrected chi connectivity index (χ2v) is 8.82. The van der Waals surface area contributed by atoms with Gasteiger partial charge in [0.2, 0.25) is 17.7 Å². The van der Waals surface area contributed by atoms with Crippen molar-refractivity contribution in [1.29, 1.82) is 0 Å². The maximum Gasteiger partial charge on any atom is 0.225 e. The molecule has 0 aromatic rings. The Balaban J connectivity index is 4.20. The molecule has 0 bridgehead atoms. The van der Waals surface area contributed by atoms with Gasteiger partial charge in [-0.25, -0.2) is 0 Å². The van der Waals surface area contributed by atoms with E-state index in [4.69, 9.17) is 51.3 Å². The van der Waals surface area contributed by atoms with E-state index in [1.165, 1.54) is 0 Å². The summed E-state index contributed by atoms with van der Waals surface area (Å²) >= 11 is 5.53. The van der Waals surface area contributed by atoms with Crippen molar-refractivity contribution in [3.8, 4) is 0 Å². The van der Waals surface area contributed by atoms with Crippen LogP contribution >= 0.6 is 11.6 Å². The minimum atomic E-state index is -0.118. The van der Waals surface area contributed by atoms with E-state index in [1.54, 1.807) is 4.90 Å². The van der Waals surface area contributed by atoms with Crippen molar-refractivity contribution in [2.24, 2.45) is 10.8 Å². The fraction of sp³-hybridized carbons (Fsp3) is 0.880. The van der Waals surface area contributed by atoms with Crippen LogP contribution in [0.4, 0.5) is 0 Å². The number of hydrogen-bond donors (Lipinski definition) is 3. The van der Waals surface area contributed by atoms with E-state index in [9.17, 15) is 14.4 Å². The first-order chi connectivity index (χ1) is 20.5. The van der Waals surface area contributed by atoms with Crippen molar-refractivity contribution in [3.63, 3.8) is 0 Å². The van der Waals surface area contributed by atoms with Gasteiger partial charge in [-0.05, 0) is 5.53 Å². The average Bonchev–Trinajstić information content (AvgIpc) is 2.99. The minimum Gasteiger partial charge on any atom is -0.379 e. The molecule has 16 nitrogen and oxygen atoms in total. The topological polar surface area (TPSA) is 209 Å². The van der Waals surface area contributed by atoms with Crippen LogP contribution in [0.1, 0.15) is 19.3 Å². The fourth-order valence-corrected chi connectivity index (χ4v) is 3.14. The highest BCUT2D eigenvalue weighted by atomic mass is 35.5. The van der Waals surface area contributed by atoms with Gasteiger partial charge in [-0.15, -0.1) is 11.6 Å². The molecule has 42 heavy (non-hydrogen) atoms. The Morgan fingerprint density at radius 2 is 1.14 bits per heavy atom. The van der Waals surface area contributed by atoms with Crippen LogP contribution in [0.25, 0.3) is 10.4 Å². The Morgan fingerprint density at radius 1 is 0.690 bits per heavy atom. The van der Waals surface area contributed by atoms with Gasteiger partial charge in [0.25, 0.3) is 0 Å². The van der Waals surface area contributed by atoms with E-state index in [1.807, 2.05) is 0 Å². The normalized spacial score (nSPS) is 10.7. The number of alkyl halides is 1. The molecule has 0 saturated heterocycles. The van der Waals surface area contributed by atoms with E-state index in [0.29, 0.717) is 98.1 Å². The summed E-state index contributed by atoms with van der Waals surface area (Å²) in [5, 5.41) is 8.70. The number of nitrogens with two attached hydrogens (primary N) is 1. The molecule has 0 fully saturated rings. The number of nitrogens with zero attached hydrogens (tertiary/aromatic N) is 4. The standard InChI is InChI=1S/C25H48ClN7O9/c26-4-6-29-23(34)1-11-37-18-21-41-15-9-33(25(36)3-13-39-17-20-40-14-8-31-32-28)10-16-42-22-19-38-12-2-24(35)30-7-5-27/h1-22,27H2,(H,29,34)(H,30,35). The maximum atomic E-state index is 12.8. The third-order valence-corrected chi connectivity index (χ3v) is 5.36. The lowest BCUT2D eigenvalue weighted by Gasteiger charge is -2.23. The molecular formula is C25H48ClN7O9. The first-order valence-corrected chi connectivity index (χ1v) is 14.6. The van der Waals surface area contributed by atoms with Gasteiger partial charge in [-0.2, -0.15) is 0 Å². The van der Waals surface area contributed by atoms with Crippen LogP contribution in [0.15, 0.2) is 5.11 Å². The monoisotopic (exact) mass is 625 g/mol. The molecule has 0 aromatic carbocycles. The largest absolute Gasteiger partial charge is 0.379 e. The zero-order valence-corrected chi connectivity index (χ0v) is 25.2. The van der Waals surface area contributed by atoms with Crippen LogP contribution in [0.5, 0.6) is 0 Å². The fourth-order valence-electron chi connectivity index (χ4n) is 3.05. The molecular weight excluding hydrogens is 578 g/mol. The van der Waals surface area contributed by atoms with Crippen LogP contribution in [0.2, 0.25) is 0 Å². The highest BCUT2D eigenvalue weighted by Gasteiger charge is 2.13.